The van der Waals surface area contributed by atoms with Crippen LogP contribution in [-0.2, 0) is 10.0 Å². The summed E-state index contributed by atoms with van der Waals surface area (Å²) in [5.74, 6) is 0. The minimum atomic E-state index is -3.77. The molecule has 1 N–H and O–H groups in total. The highest BCUT2D eigenvalue weighted by Gasteiger charge is 2.17. The standard InChI is InChI=1S/C12H9ClN2O4S/c13-11-8-9(15(16)17)6-7-12(11)14-20(18,19)10-4-2-1-3-5-10/h1-8,14H. The number of nitrogens with zero attached hydrogens (tertiary/aromatic N) is 1. The number of sulfonamides is 1. The van der Waals surface area contributed by atoms with Gasteiger partial charge in [0.05, 0.1) is 20.5 Å². The highest BCUT2D eigenvalue weighted by molar-refractivity contribution is 7.92. The molecule has 20 heavy (non-hydrogen) atoms. The number of hydrogen-bond acceptors (Lipinski definition) is 4. The predicted molar refractivity (Wildman–Crippen MR) is 75.4 cm³/mol. The molecule has 0 atom stereocenters. The minimum absolute atomic E-state index is 0.0429. The van der Waals surface area contributed by atoms with Crippen LogP contribution in [0.5, 0.6) is 0 Å². The van der Waals surface area contributed by atoms with E-state index in [1.807, 2.05) is 0 Å². The van der Waals surface area contributed by atoms with E-state index in [-0.39, 0.29) is 21.3 Å². The third-order valence-electron chi connectivity index (χ3n) is 2.46. The van der Waals surface area contributed by atoms with Gasteiger partial charge in [-0.2, -0.15) is 0 Å². The summed E-state index contributed by atoms with van der Waals surface area (Å²) in [6.45, 7) is 0. The number of nitro groups is 1. The van der Waals surface area contributed by atoms with Crippen LogP contribution in [0.4, 0.5) is 11.4 Å². The second kappa shape index (κ2) is 5.48. The van der Waals surface area contributed by atoms with E-state index in [1.54, 1.807) is 18.2 Å². The minimum Gasteiger partial charge on any atom is -0.278 e. The van der Waals surface area contributed by atoms with Gasteiger partial charge >= 0.3 is 0 Å². The van der Waals surface area contributed by atoms with E-state index in [0.29, 0.717) is 0 Å². The van der Waals surface area contributed by atoms with E-state index < -0.39 is 14.9 Å². The molecule has 0 aliphatic carbocycles. The van der Waals surface area contributed by atoms with Gasteiger partial charge < -0.3 is 0 Å². The van der Waals surface area contributed by atoms with Crippen molar-refractivity contribution in [1.82, 2.24) is 0 Å². The molecule has 6 nitrogen and oxygen atoms in total. The summed E-state index contributed by atoms with van der Waals surface area (Å²) in [6.07, 6.45) is 0. The normalized spacial score (nSPS) is 11.1. The zero-order chi connectivity index (χ0) is 14.8. The lowest BCUT2D eigenvalue weighted by Gasteiger charge is -2.09. The Morgan fingerprint density at radius 2 is 1.75 bits per heavy atom. The van der Waals surface area contributed by atoms with Crippen LogP contribution in [0.25, 0.3) is 0 Å². The zero-order valence-corrected chi connectivity index (χ0v) is 11.6. The van der Waals surface area contributed by atoms with Crippen molar-refractivity contribution in [3.63, 3.8) is 0 Å². The van der Waals surface area contributed by atoms with Crippen LogP contribution in [0.15, 0.2) is 53.4 Å². The summed E-state index contributed by atoms with van der Waals surface area (Å²) >= 11 is 5.84. The number of hydrogen-bond donors (Lipinski definition) is 1. The van der Waals surface area contributed by atoms with Crippen LogP contribution in [0, 0.1) is 10.1 Å². The Labute approximate surface area is 120 Å². The van der Waals surface area contributed by atoms with E-state index in [2.05, 4.69) is 4.72 Å². The molecular weight excluding hydrogens is 304 g/mol. The molecule has 2 rings (SSSR count). The Bertz CT molecular complexity index is 747. The van der Waals surface area contributed by atoms with Crippen molar-refractivity contribution in [2.24, 2.45) is 0 Å². The van der Waals surface area contributed by atoms with E-state index >= 15 is 0 Å². The van der Waals surface area contributed by atoms with Crippen LogP contribution < -0.4 is 4.72 Å². The lowest BCUT2D eigenvalue weighted by Crippen LogP contribution is -2.13. The largest absolute Gasteiger partial charge is 0.278 e. The summed E-state index contributed by atoms with van der Waals surface area (Å²) in [5, 5.41) is 10.5. The molecule has 0 radical (unpaired) electrons. The molecule has 0 spiro atoms. The molecular formula is C12H9ClN2O4S. The van der Waals surface area contributed by atoms with Gasteiger partial charge in [0, 0.05) is 12.1 Å². The second-order valence-electron chi connectivity index (χ2n) is 3.84. The molecule has 0 aliphatic rings. The van der Waals surface area contributed by atoms with E-state index in [1.165, 1.54) is 24.3 Å². The van der Waals surface area contributed by atoms with Crippen LogP contribution in [0.2, 0.25) is 5.02 Å². The van der Waals surface area contributed by atoms with Gasteiger partial charge in [-0.05, 0) is 18.2 Å². The van der Waals surface area contributed by atoms with Gasteiger partial charge in [-0.15, -0.1) is 0 Å². The summed E-state index contributed by atoms with van der Waals surface area (Å²) in [4.78, 5) is 10.0. The van der Waals surface area contributed by atoms with Gasteiger partial charge in [-0.25, -0.2) is 8.42 Å². The Balaban J connectivity index is 2.33. The first-order valence-electron chi connectivity index (χ1n) is 5.42. The molecule has 0 aromatic heterocycles. The molecule has 0 saturated carbocycles. The van der Waals surface area contributed by atoms with Gasteiger partial charge in [0.15, 0.2) is 0 Å². The summed E-state index contributed by atoms with van der Waals surface area (Å²) in [7, 11) is -3.77. The van der Waals surface area contributed by atoms with Crippen LogP contribution in [-0.4, -0.2) is 13.3 Å². The Morgan fingerprint density at radius 3 is 2.30 bits per heavy atom. The SMILES string of the molecule is O=[N+]([O-])c1ccc(NS(=O)(=O)c2ccccc2)c(Cl)c1. The highest BCUT2D eigenvalue weighted by Crippen LogP contribution is 2.28. The molecule has 2 aromatic rings. The molecule has 0 unspecified atom stereocenters. The Hall–Kier alpha value is -2.12. The Morgan fingerprint density at radius 1 is 1.10 bits per heavy atom. The van der Waals surface area contributed by atoms with Crippen molar-refractivity contribution in [1.29, 1.82) is 0 Å². The molecule has 0 aliphatic heterocycles. The second-order valence-corrected chi connectivity index (χ2v) is 5.93. The van der Waals surface area contributed by atoms with Crippen LogP contribution in [0.3, 0.4) is 0 Å². The fourth-order valence-electron chi connectivity index (χ4n) is 1.50. The number of rotatable bonds is 4. The number of halogens is 1. The number of nitrogens with one attached hydrogen (secondary N) is 1. The first-order valence-corrected chi connectivity index (χ1v) is 7.28. The van der Waals surface area contributed by atoms with Crippen molar-refractivity contribution in [2.45, 2.75) is 4.90 Å². The molecule has 0 saturated heterocycles. The van der Waals surface area contributed by atoms with Crippen LogP contribution >= 0.6 is 11.6 Å². The molecule has 0 heterocycles. The quantitative estimate of drug-likeness (QED) is 0.694. The molecule has 8 heteroatoms. The average Bonchev–Trinajstić information content (AvgIpc) is 2.41. The van der Waals surface area contributed by atoms with E-state index in [4.69, 9.17) is 11.6 Å². The molecule has 0 amide bonds. The highest BCUT2D eigenvalue weighted by atomic mass is 35.5. The van der Waals surface area contributed by atoms with E-state index in [0.717, 1.165) is 6.07 Å². The molecule has 2 aromatic carbocycles. The molecule has 0 fully saturated rings. The van der Waals surface area contributed by atoms with Gasteiger partial charge in [0.25, 0.3) is 15.7 Å². The van der Waals surface area contributed by atoms with Crippen molar-refractivity contribution in [3.8, 4) is 0 Å². The van der Waals surface area contributed by atoms with E-state index in [9.17, 15) is 18.5 Å². The van der Waals surface area contributed by atoms with Crippen LogP contribution in [0.1, 0.15) is 0 Å². The summed E-state index contributed by atoms with van der Waals surface area (Å²) in [5.41, 5.74) is -0.126. The third kappa shape index (κ3) is 3.06. The van der Waals surface area contributed by atoms with Gasteiger partial charge in [-0.1, -0.05) is 29.8 Å². The lowest BCUT2D eigenvalue weighted by atomic mass is 10.3. The topological polar surface area (TPSA) is 89.3 Å². The number of nitro benzene ring substituents is 1. The maximum atomic E-state index is 12.1. The third-order valence-corrected chi connectivity index (χ3v) is 4.16. The van der Waals surface area contributed by atoms with Gasteiger partial charge in [0.1, 0.15) is 0 Å². The maximum Gasteiger partial charge on any atom is 0.271 e. The van der Waals surface area contributed by atoms with Crippen molar-refractivity contribution >= 4 is 33.0 Å². The lowest BCUT2D eigenvalue weighted by molar-refractivity contribution is -0.384. The monoisotopic (exact) mass is 312 g/mol. The first kappa shape index (κ1) is 14.3. The van der Waals surface area contributed by atoms with Gasteiger partial charge in [-0.3, -0.25) is 14.8 Å². The van der Waals surface area contributed by atoms with Gasteiger partial charge in [0.2, 0.25) is 0 Å². The summed E-state index contributed by atoms with van der Waals surface area (Å²) < 4.78 is 26.4. The fraction of sp³-hybridized carbons (Fsp3) is 0. The predicted octanol–water partition coefficient (Wildman–Crippen LogP) is 3.05. The smallest absolute Gasteiger partial charge is 0.271 e. The van der Waals surface area contributed by atoms with Crippen molar-refractivity contribution < 1.29 is 13.3 Å². The van der Waals surface area contributed by atoms with Crippen molar-refractivity contribution in [2.75, 3.05) is 4.72 Å². The summed E-state index contributed by atoms with van der Waals surface area (Å²) in [6, 6.07) is 11.2. The zero-order valence-electron chi connectivity index (χ0n) is 9.99. The van der Waals surface area contributed by atoms with Crippen molar-refractivity contribution in [3.05, 3.63) is 63.7 Å². The number of anilines is 1. The molecule has 0 bridgehead atoms. The average molecular weight is 313 g/mol. The number of benzene rings is 2. The number of non-ortho nitro benzene ring substituents is 1. The maximum absolute atomic E-state index is 12.1. The fourth-order valence-corrected chi connectivity index (χ4v) is 2.88. The Kier molecular flexibility index (Phi) is 3.91. The first-order chi connectivity index (χ1) is 9.40. The molecule has 104 valence electrons.